The summed E-state index contributed by atoms with van der Waals surface area (Å²) in [6.45, 7) is 4.51. The second kappa shape index (κ2) is 5.63. The van der Waals surface area contributed by atoms with Crippen molar-refractivity contribution in [1.29, 1.82) is 0 Å². The van der Waals surface area contributed by atoms with Crippen LogP contribution in [0.1, 0.15) is 51.5 Å². The fraction of sp³-hybridized carbons (Fsp3) is 0.625. The Labute approximate surface area is 116 Å². The number of rotatable bonds is 4. The van der Waals surface area contributed by atoms with Gasteiger partial charge in [-0.1, -0.05) is 50.4 Å². The average Bonchev–Trinajstić information content (AvgIpc) is 2.79. The highest BCUT2D eigenvalue weighted by atomic mass is 35.5. The van der Waals surface area contributed by atoms with E-state index >= 15 is 0 Å². The summed E-state index contributed by atoms with van der Waals surface area (Å²) >= 11 is 6.00. The van der Waals surface area contributed by atoms with E-state index < -0.39 is 0 Å². The Kier molecular flexibility index (Phi) is 4.34. The fourth-order valence-corrected chi connectivity index (χ4v) is 3.52. The van der Waals surface area contributed by atoms with Gasteiger partial charge in [0.1, 0.15) is 0 Å². The van der Waals surface area contributed by atoms with E-state index in [4.69, 9.17) is 17.3 Å². The second-order valence-corrected chi connectivity index (χ2v) is 6.54. The largest absolute Gasteiger partial charge is 0.327 e. The molecule has 18 heavy (non-hydrogen) atoms. The first kappa shape index (κ1) is 13.9. The molecule has 1 aliphatic carbocycles. The predicted molar refractivity (Wildman–Crippen MR) is 79.0 cm³/mol. The van der Waals surface area contributed by atoms with Crippen molar-refractivity contribution in [3.05, 3.63) is 34.9 Å². The van der Waals surface area contributed by atoms with Crippen LogP contribution in [0.4, 0.5) is 0 Å². The van der Waals surface area contributed by atoms with Crippen LogP contribution in [0.25, 0.3) is 0 Å². The molecule has 0 radical (unpaired) electrons. The molecule has 0 saturated heterocycles. The second-order valence-electron chi connectivity index (χ2n) is 6.11. The van der Waals surface area contributed by atoms with Gasteiger partial charge in [-0.2, -0.15) is 0 Å². The van der Waals surface area contributed by atoms with Crippen molar-refractivity contribution in [2.75, 3.05) is 0 Å². The topological polar surface area (TPSA) is 26.0 Å². The monoisotopic (exact) mass is 265 g/mol. The zero-order valence-corrected chi connectivity index (χ0v) is 12.2. The maximum absolute atomic E-state index is 6.55. The van der Waals surface area contributed by atoms with Crippen LogP contribution in [-0.4, -0.2) is 6.04 Å². The van der Waals surface area contributed by atoms with Gasteiger partial charge in [0.05, 0.1) is 0 Å². The summed E-state index contributed by atoms with van der Waals surface area (Å²) in [5.74, 6) is 0.657. The molecule has 2 rings (SSSR count). The van der Waals surface area contributed by atoms with Crippen LogP contribution < -0.4 is 5.73 Å². The van der Waals surface area contributed by atoms with E-state index in [1.54, 1.807) is 0 Å². The molecule has 1 nitrogen and oxygen atoms in total. The molecule has 1 atom stereocenters. The number of halogens is 1. The van der Waals surface area contributed by atoms with Crippen molar-refractivity contribution in [1.82, 2.24) is 0 Å². The Bertz CT molecular complexity index is 377. The lowest BCUT2D eigenvalue weighted by molar-refractivity contribution is 0.307. The number of nitrogens with two attached hydrogens (primary N) is 1. The molecule has 1 aromatic carbocycles. The maximum atomic E-state index is 6.55. The van der Waals surface area contributed by atoms with E-state index in [9.17, 15) is 0 Å². The molecule has 0 aliphatic heterocycles. The molecule has 0 bridgehead atoms. The Morgan fingerprint density at radius 1 is 1.17 bits per heavy atom. The Balaban J connectivity index is 2.28. The number of hydrogen-bond acceptors (Lipinski definition) is 1. The first-order chi connectivity index (χ1) is 8.54. The van der Waals surface area contributed by atoms with E-state index in [0.29, 0.717) is 5.92 Å². The molecule has 1 saturated carbocycles. The van der Waals surface area contributed by atoms with Crippen LogP contribution >= 0.6 is 11.6 Å². The van der Waals surface area contributed by atoms with E-state index in [-0.39, 0.29) is 11.5 Å². The summed E-state index contributed by atoms with van der Waals surface area (Å²) in [6.07, 6.45) is 6.15. The highest BCUT2D eigenvalue weighted by Crippen LogP contribution is 2.44. The summed E-state index contributed by atoms with van der Waals surface area (Å²) in [5, 5.41) is 0.810. The summed E-state index contributed by atoms with van der Waals surface area (Å²) in [5.41, 5.74) is 8.13. The van der Waals surface area contributed by atoms with E-state index in [1.165, 1.54) is 31.2 Å². The van der Waals surface area contributed by atoms with E-state index in [0.717, 1.165) is 11.4 Å². The zero-order chi connectivity index (χ0) is 13.2. The van der Waals surface area contributed by atoms with E-state index in [2.05, 4.69) is 26.0 Å². The van der Waals surface area contributed by atoms with Crippen LogP contribution in [0, 0.1) is 5.92 Å². The van der Waals surface area contributed by atoms with Gasteiger partial charge in [-0.3, -0.25) is 0 Å². The van der Waals surface area contributed by atoms with Crippen molar-refractivity contribution in [2.24, 2.45) is 11.7 Å². The van der Waals surface area contributed by atoms with Crippen molar-refractivity contribution in [2.45, 2.75) is 57.4 Å². The van der Waals surface area contributed by atoms with Gasteiger partial charge in [0.15, 0.2) is 0 Å². The lowest BCUT2D eigenvalue weighted by atomic mass is 9.71. The van der Waals surface area contributed by atoms with Crippen molar-refractivity contribution in [3.8, 4) is 0 Å². The number of benzene rings is 1. The molecule has 0 aromatic heterocycles. The molecule has 2 N–H and O–H groups in total. The molecule has 1 aromatic rings. The molecular formula is C16H24ClN. The molecule has 0 amide bonds. The van der Waals surface area contributed by atoms with Crippen LogP contribution in [-0.2, 0) is 5.41 Å². The molecule has 1 aliphatic rings. The van der Waals surface area contributed by atoms with Crippen molar-refractivity contribution < 1.29 is 0 Å². The molecule has 2 heteroatoms. The van der Waals surface area contributed by atoms with Gasteiger partial charge >= 0.3 is 0 Å². The Morgan fingerprint density at radius 3 is 2.22 bits per heavy atom. The summed E-state index contributed by atoms with van der Waals surface area (Å²) in [4.78, 5) is 0. The molecule has 0 heterocycles. The van der Waals surface area contributed by atoms with Crippen molar-refractivity contribution in [3.63, 3.8) is 0 Å². The third kappa shape index (κ3) is 2.73. The van der Waals surface area contributed by atoms with Crippen LogP contribution in [0.15, 0.2) is 24.3 Å². The van der Waals surface area contributed by atoms with Crippen LogP contribution in [0.3, 0.4) is 0 Å². The van der Waals surface area contributed by atoms with Gasteiger partial charge in [0.25, 0.3) is 0 Å². The highest BCUT2D eigenvalue weighted by molar-refractivity contribution is 6.30. The SMILES string of the molecule is CC(C)CC(N)C1(c2ccc(Cl)cc2)CCCC1. The standard InChI is InChI=1S/C16H24ClN/c1-12(2)11-15(18)16(9-3-4-10-16)13-5-7-14(17)8-6-13/h5-8,12,15H,3-4,9-11,18H2,1-2H3. The van der Waals surface area contributed by atoms with Gasteiger partial charge in [0, 0.05) is 16.5 Å². The number of hydrogen-bond donors (Lipinski definition) is 1. The Hall–Kier alpha value is -0.530. The van der Waals surface area contributed by atoms with Crippen molar-refractivity contribution >= 4 is 11.6 Å². The quantitative estimate of drug-likeness (QED) is 0.851. The summed E-state index contributed by atoms with van der Waals surface area (Å²) in [6, 6.07) is 8.61. The van der Waals surface area contributed by atoms with E-state index in [1.807, 2.05) is 12.1 Å². The Morgan fingerprint density at radius 2 is 1.72 bits per heavy atom. The van der Waals surface area contributed by atoms with Crippen LogP contribution in [0.2, 0.25) is 5.02 Å². The van der Waals surface area contributed by atoms with Gasteiger partial charge in [-0.25, -0.2) is 0 Å². The molecule has 1 unspecified atom stereocenters. The van der Waals surface area contributed by atoms with Gasteiger partial charge in [-0.05, 0) is 42.9 Å². The minimum Gasteiger partial charge on any atom is -0.327 e. The average molecular weight is 266 g/mol. The fourth-order valence-electron chi connectivity index (χ4n) is 3.39. The zero-order valence-electron chi connectivity index (χ0n) is 11.5. The minimum absolute atomic E-state index is 0.189. The van der Waals surface area contributed by atoms with Crippen LogP contribution in [0.5, 0.6) is 0 Å². The summed E-state index contributed by atoms with van der Waals surface area (Å²) < 4.78 is 0. The first-order valence-electron chi connectivity index (χ1n) is 7.06. The smallest absolute Gasteiger partial charge is 0.0406 e. The van der Waals surface area contributed by atoms with Gasteiger partial charge < -0.3 is 5.73 Å². The maximum Gasteiger partial charge on any atom is 0.0406 e. The summed E-state index contributed by atoms with van der Waals surface area (Å²) in [7, 11) is 0. The first-order valence-corrected chi connectivity index (χ1v) is 7.44. The highest BCUT2D eigenvalue weighted by Gasteiger charge is 2.40. The molecule has 1 fully saturated rings. The third-order valence-electron chi connectivity index (χ3n) is 4.35. The normalized spacial score (nSPS) is 20.3. The predicted octanol–water partition coefficient (Wildman–Crippen LogP) is 4.53. The lowest BCUT2D eigenvalue weighted by Crippen LogP contribution is -2.44. The van der Waals surface area contributed by atoms with Gasteiger partial charge in [-0.15, -0.1) is 0 Å². The lowest BCUT2D eigenvalue weighted by Gasteiger charge is -2.37. The third-order valence-corrected chi connectivity index (χ3v) is 4.60. The molecule has 100 valence electrons. The minimum atomic E-state index is 0.189. The molecule has 0 spiro atoms. The van der Waals surface area contributed by atoms with Gasteiger partial charge in [0.2, 0.25) is 0 Å². The molecular weight excluding hydrogens is 242 g/mol.